The first-order valence-electron chi connectivity index (χ1n) is 7.68. The zero-order valence-electron chi connectivity index (χ0n) is 13.2. The summed E-state index contributed by atoms with van der Waals surface area (Å²) in [6, 6.07) is 9.59. The van der Waals surface area contributed by atoms with Crippen molar-refractivity contribution in [2.45, 2.75) is 39.4 Å². The molecule has 0 radical (unpaired) electrons. The minimum atomic E-state index is -0.447. The summed E-state index contributed by atoms with van der Waals surface area (Å²) in [5.74, 6) is 0.0954. The number of hydrogen-bond donors (Lipinski definition) is 2. The van der Waals surface area contributed by atoms with E-state index in [4.69, 9.17) is 5.73 Å². The van der Waals surface area contributed by atoms with Gasteiger partial charge in [0.2, 0.25) is 5.91 Å². The number of benzene rings is 1. The number of amides is 1. The normalized spacial score (nSPS) is 13.6. The van der Waals surface area contributed by atoms with Gasteiger partial charge in [0, 0.05) is 18.9 Å². The second kappa shape index (κ2) is 7.75. The van der Waals surface area contributed by atoms with Crippen LogP contribution in [0.1, 0.15) is 31.4 Å². The third kappa shape index (κ3) is 4.43. The average Bonchev–Trinajstić information content (AvgIpc) is 3.04. The molecular weight excluding hydrogens is 276 g/mol. The van der Waals surface area contributed by atoms with E-state index in [0.717, 1.165) is 24.1 Å². The van der Waals surface area contributed by atoms with Gasteiger partial charge < -0.3 is 11.1 Å². The highest BCUT2D eigenvalue weighted by molar-refractivity contribution is 5.81. The monoisotopic (exact) mass is 300 g/mol. The zero-order valence-corrected chi connectivity index (χ0v) is 13.2. The Morgan fingerprint density at radius 1 is 1.36 bits per heavy atom. The zero-order chi connectivity index (χ0) is 15.9. The Balaban J connectivity index is 1.92. The van der Waals surface area contributed by atoms with Crippen molar-refractivity contribution in [1.29, 1.82) is 0 Å². The highest BCUT2D eigenvalue weighted by Crippen LogP contribution is 2.08. The van der Waals surface area contributed by atoms with E-state index >= 15 is 0 Å². The maximum atomic E-state index is 12.0. The molecule has 22 heavy (non-hydrogen) atoms. The Morgan fingerprint density at radius 2 is 2.14 bits per heavy atom. The van der Waals surface area contributed by atoms with Crippen molar-refractivity contribution in [3.63, 3.8) is 0 Å². The third-order valence-electron chi connectivity index (χ3n) is 3.92. The van der Waals surface area contributed by atoms with Crippen LogP contribution < -0.4 is 11.1 Å². The largest absolute Gasteiger partial charge is 0.351 e. The Hall–Kier alpha value is -2.14. The molecular formula is C17H24N4O. The smallest absolute Gasteiger partial charge is 0.237 e. The Kier molecular flexibility index (Phi) is 5.72. The molecule has 0 aliphatic rings. The van der Waals surface area contributed by atoms with E-state index in [-0.39, 0.29) is 11.8 Å². The first kappa shape index (κ1) is 16.2. The molecule has 2 unspecified atom stereocenters. The fourth-order valence-electron chi connectivity index (χ4n) is 2.24. The van der Waals surface area contributed by atoms with Crippen LogP contribution in [0.5, 0.6) is 0 Å². The average molecular weight is 300 g/mol. The first-order valence-corrected chi connectivity index (χ1v) is 7.68. The molecule has 5 heteroatoms. The second-order valence-electron chi connectivity index (χ2n) is 5.65. The number of carbonyl (C=O) groups excluding carboxylic acids is 1. The minimum absolute atomic E-state index is 0.0909. The molecule has 1 heterocycles. The highest BCUT2D eigenvalue weighted by Gasteiger charge is 2.18. The standard InChI is InChI=1S/C17H24N4O/c1-3-13(2)16(18)17(22)19-11-14-6-4-7-15(10-14)12-21-9-5-8-20-21/h4-10,13,16H,3,11-12,18H2,1-2H3,(H,19,22). The van der Waals surface area contributed by atoms with Crippen LogP contribution in [0.15, 0.2) is 42.7 Å². The maximum absolute atomic E-state index is 12.0. The van der Waals surface area contributed by atoms with Crippen molar-refractivity contribution in [2.24, 2.45) is 11.7 Å². The summed E-state index contributed by atoms with van der Waals surface area (Å²) in [4.78, 5) is 12.0. The topological polar surface area (TPSA) is 72.9 Å². The van der Waals surface area contributed by atoms with Gasteiger partial charge in [0.15, 0.2) is 0 Å². The van der Waals surface area contributed by atoms with Crippen molar-refractivity contribution in [2.75, 3.05) is 0 Å². The van der Waals surface area contributed by atoms with Gasteiger partial charge in [-0.15, -0.1) is 0 Å². The van der Waals surface area contributed by atoms with Crippen molar-refractivity contribution >= 4 is 5.91 Å². The molecule has 1 aromatic carbocycles. The van der Waals surface area contributed by atoms with Gasteiger partial charge in [-0.25, -0.2) is 0 Å². The number of rotatable bonds is 7. The molecule has 0 aliphatic carbocycles. The molecule has 0 saturated carbocycles. The lowest BCUT2D eigenvalue weighted by atomic mass is 9.99. The van der Waals surface area contributed by atoms with Crippen LogP contribution in [0.3, 0.4) is 0 Å². The number of nitrogens with two attached hydrogens (primary N) is 1. The maximum Gasteiger partial charge on any atom is 0.237 e. The number of carbonyl (C=O) groups is 1. The SMILES string of the molecule is CCC(C)C(N)C(=O)NCc1cccc(Cn2cccn2)c1. The van der Waals surface area contributed by atoms with E-state index in [1.807, 2.05) is 42.9 Å². The number of aromatic nitrogens is 2. The van der Waals surface area contributed by atoms with Crippen LogP contribution in [-0.4, -0.2) is 21.7 Å². The number of nitrogens with zero attached hydrogens (tertiary/aromatic N) is 2. The van der Waals surface area contributed by atoms with E-state index in [0.29, 0.717) is 6.54 Å². The minimum Gasteiger partial charge on any atom is -0.351 e. The van der Waals surface area contributed by atoms with Crippen LogP contribution in [-0.2, 0) is 17.9 Å². The molecule has 0 spiro atoms. The Morgan fingerprint density at radius 3 is 2.82 bits per heavy atom. The predicted molar refractivity (Wildman–Crippen MR) is 87.0 cm³/mol. The van der Waals surface area contributed by atoms with Gasteiger partial charge in [-0.05, 0) is 23.1 Å². The first-order chi connectivity index (χ1) is 10.6. The number of hydrogen-bond acceptors (Lipinski definition) is 3. The highest BCUT2D eigenvalue weighted by atomic mass is 16.2. The van der Waals surface area contributed by atoms with Crippen LogP contribution >= 0.6 is 0 Å². The van der Waals surface area contributed by atoms with Gasteiger partial charge in [-0.1, -0.05) is 44.5 Å². The van der Waals surface area contributed by atoms with E-state index in [1.54, 1.807) is 6.20 Å². The van der Waals surface area contributed by atoms with Crippen LogP contribution in [0.2, 0.25) is 0 Å². The molecule has 1 aromatic heterocycles. The van der Waals surface area contributed by atoms with Gasteiger partial charge in [-0.3, -0.25) is 9.48 Å². The molecule has 3 N–H and O–H groups in total. The lowest BCUT2D eigenvalue weighted by Crippen LogP contribution is -2.44. The lowest BCUT2D eigenvalue weighted by molar-refractivity contribution is -0.123. The van der Waals surface area contributed by atoms with Crippen molar-refractivity contribution < 1.29 is 4.79 Å². The second-order valence-corrected chi connectivity index (χ2v) is 5.65. The molecule has 118 valence electrons. The summed E-state index contributed by atoms with van der Waals surface area (Å²) >= 11 is 0. The summed E-state index contributed by atoms with van der Waals surface area (Å²) in [5.41, 5.74) is 8.15. The van der Waals surface area contributed by atoms with Crippen molar-refractivity contribution in [3.05, 3.63) is 53.9 Å². The van der Waals surface area contributed by atoms with E-state index in [9.17, 15) is 4.79 Å². The molecule has 2 aromatic rings. The fraction of sp³-hybridized carbons (Fsp3) is 0.412. The van der Waals surface area contributed by atoms with Crippen LogP contribution in [0.25, 0.3) is 0 Å². The van der Waals surface area contributed by atoms with E-state index < -0.39 is 6.04 Å². The van der Waals surface area contributed by atoms with Gasteiger partial charge in [0.05, 0.1) is 12.6 Å². The molecule has 1 amide bonds. The molecule has 0 aliphatic heterocycles. The van der Waals surface area contributed by atoms with Gasteiger partial charge in [-0.2, -0.15) is 5.10 Å². The van der Waals surface area contributed by atoms with Crippen molar-refractivity contribution in [1.82, 2.24) is 15.1 Å². The van der Waals surface area contributed by atoms with Crippen LogP contribution in [0.4, 0.5) is 0 Å². The summed E-state index contributed by atoms with van der Waals surface area (Å²) in [5, 5.41) is 7.11. The van der Waals surface area contributed by atoms with E-state index in [1.165, 1.54) is 0 Å². The molecule has 2 rings (SSSR count). The third-order valence-corrected chi connectivity index (χ3v) is 3.92. The Bertz CT molecular complexity index is 594. The Labute approximate surface area is 131 Å². The lowest BCUT2D eigenvalue weighted by Gasteiger charge is -2.17. The molecule has 5 nitrogen and oxygen atoms in total. The number of nitrogens with one attached hydrogen (secondary N) is 1. The molecule has 0 saturated heterocycles. The van der Waals surface area contributed by atoms with Gasteiger partial charge in [0.25, 0.3) is 0 Å². The fourth-order valence-corrected chi connectivity index (χ4v) is 2.24. The van der Waals surface area contributed by atoms with E-state index in [2.05, 4.69) is 22.5 Å². The molecule has 2 atom stereocenters. The summed E-state index contributed by atoms with van der Waals surface area (Å²) in [6.07, 6.45) is 4.59. The molecule has 0 bridgehead atoms. The van der Waals surface area contributed by atoms with Crippen LogP contribution in [0, 0.1) is 5.92 Å². The summed E-state index contributed by atoms with van der Waals surface area (Å²) in [7, 11) is 0. The van der Waals surface area contributed by atoms with Crippen molar-refractivity contribution in [3.8, 4) is 0 Å². The quantitative estimate of drug-likeness (QED) is 0.820. The van der Waals surface area contributed by atoms with Gasteiger partial charge >= 0.3 is 0 Å². The van der Waals surface area contributed by atoms with Gasteiger partial charge in [0.1, 0.15) is 0 Å². The molecule has 0 fully saturated rings. The summed E-state index contributed by atoms with van der Waals surface area (Å²) in [6.45, 7) is 5.25. The summed E-state index contributed by atoms with van der Waals surface area (Å²) < 4.78 is 1.87. The predicted octanol–water partition coefficient (Wildman–Crippen LogP) is 1.92.